The highest BCUT2D eigenvalue weighted by atomic mass is 19.1. The predicted octanol–water partition coefficient (Wildman–Crippen LogP) is 2.20. The number of hydrogen-bond acceptors (Lipinski definition) is 3. The van der Waals surface area contributed by atoms with Gasteiger partial charge >= 0.3 is 5.97 Å². The van der Waals surface area contributed by atoms with Crippen molar-refractivity contribution in [2.75, 3.05) is 11.9 Å². The minimum Gasteiger partial charge on any atom is -0.477 e. The number of aromatic carboxylic acids is 1. The van der Waals surface area contributed by atoms with Gasteiger partial charge in [0.25, 0.3) is 5.91 Å². The number of halogens is 1. The van der Waals surface area contributed by atoms with Crippen LogP contribution in [0, 0.1) is 5.82 Å². The van der Waals surface area contributed by atoms with E-state index in [1.54, 1.807) is 7.05 Å². The molecule has 1 N–H and O–H groups in total. The highest BCUT2D eigenvalue weighted by Crippen LogP contribution is 2.16. The first-order valence-corrected chi connectivity index (χ1v) is 5.72. The first-order valence-electron chi connectivity index (χ1n) is 5.72. The zero-order valence-corrected chi connectivity index (χ0v) is 10.6. The number of carboxylic acids is 1. The highest BCUT2D eigenvalue weighted by molar-refractivity contribution is 6.05. The van der Waals surface area contributed by atoms with Crippen molar-refractivity contribution in [3.05, 3.63) is 59.7 Å². The van der Waals surface area contributed by atoms with Crippen molar-refractivity contribution in [3.8, 4) is 0 Å². The largest absolute Gasteiger partial charge is 0.477 e. The summed E-state index contributed by atoms with van der Waals surface area (Å²) in [5.41, 5.74) is 0.645. The zero-order valence-electron chi connectivity index (χ0n) is 10.6. The van der Waals surface area contributed by atoms with E-state index in [0.717, 1.165) is 0 Å². The van der Waals surface area contributed by atoms with Crippen molar-refractivity contribution in [3.63, 3.8) is 0 Å². The Hall–Kier alpha value is -2.76. The van der Waals surface area contributed by atoms with E-state index in [1.807, 2.05) is 0 Å². The van der Waals surface area contributed by atoms with E-state index < -0.39 is 5.97 Å². The Balaban J connectivity index is 2.22. The van der Waals surface area contributed by atoms with Gasteiger partial charge in [0.05, 0.1) is 5.56 Å². The molecule has 0 saturated heterocycles. The van der Waals surface area contributed by atoms with E-state index >= 15 is 0 Å². The molecule has 0 bridgehead atoms. The van der Waals surface area contributed by atoms with E-state index in [0.29, 0.717) is 5.69 Å². The van der Waals surface area contributed by atoms with Crippen LogP contribution in [-0.2, 0) is 0 Å². The molecule has 5 nitrogen and oxygen atoms in total. The standard InChI is InChI=1S/C14H11FN2O3/c1-17(11-5-3-10(15)4-6-11)13(18)9-2-7-12(14(19)20)16-8-9/h2-8H,1H3,(H,19,20). The fourth-order valence-corrected chi connectivity index (χ4v) is 1.62. The van der Waals surface area contributed by atoms with Crippen LogP contribution in [0.2, 0.25) is 0 Å². The van der Waals surface area contributed by atoms with Crippen molar-refractivity contribution in [2.45, 2.75) is 0 Å². The Morgan fingerprint density at radius 3 is 2.30 bits per heavy atom. The van der Waals surface area contributed by atoms with Crippen LogP contribution in [0.1, 0.15) is 20.8 Å². The molecule has 1 aromatic heterocycles. The summed E-state index contributed by atoms with van der Waals surface area (Å²) in [6, 6.07) is 8.11. The third kappa shape index (κ3) is 2.80. The summed E-state index contributed by atoms with van der Waals surface area (Å²) < 4.78 is 12.8. The first-order chi connectivity index (χ1) is 9.49. The van der Waals surface area contributed by atoms with E-state index in [2.05, 4.69) is 4.98 Å². The molecule has 20 heavy (non-hydrogen) atoms. The number of hydrogen-bond donors (Lipinski definition) is 1. The van der Waals surface area contributed by atoms with Crippen LogP contribution in [0.3, 0.4) is 0 Å². The Morgan fingerprint density at radius 2 is 1.80 bits per heavy atom. The van der Waals surface area contributed by atoms with Gasteiger partial charge in [-0.15, -0.1) is 0 Å². The van der Waals surface area contributed by atoms with Gasteiger partial charge < -0.3 is 10.0 Å². The Kier molecular flexibility index (Phi) is 3.74. The number of amides is 1. The molecule has 1 amide bonds. The van der Waals surface area contributed by atoms with Crippen molar-refractivity contribution < 1.29 is 19.1 Å². The lowest BCUT2D eigenvalue weighted by Gasteiger charge is -2.17. The number of carboxylic acid groups (broad SMARTS) is 1. The molecule has 0 fully saturated rings. The summed E-state index contributed by atoms with van der Waals surface area (Å²) in [6.07, 6.45) is 1.20. The van der Waals surface area contributed by atoms with Gasteiger partial charge in [0.2, 0.25) is 0 Å². The molecule has 0 saturated carbocycles. The fourth-order valence-electron chi connectivity index (χ4n) is 1.62. The molecule has 102 valence electrons. The molecular formula is C14H11FN2O3. The number of rotatable bonds is 3. The molecule has 0 unspecified atom stereocenters. The normalized spacial score (nSPS) is 10.1. The molecule has 0 radical (unpaired) electrons. The van der Waals surface area contributed by atoms with Crippen molar-refractivity contribution in [1.82, 2.24) is 4.98 Å². The predicted molar refractivity (Wildman–Crippen MR) is 70.3 cm³/mol. The van der Waals surface area contributed by atoms with Gasteiger partial charge in [0.15, 0.2) is 0 Å². The number of carbonyl (C=O) groups is 2. The number of pyridine rings is 1. The second kappa shape index (κ2) is 5.48. The second-order valence-corrected chi connectivity index (χ2v) is 4.08. The van der Waals surface area contributed by atoms with Gasteiger partial charge in [0, 0.05) is 18.9 Å². The van der Waals surface area contributed by atoms with E-state index in [-0.39, 0.29) is 23.0 Å². The summed E-state index contributed by atoms with van der Waals surface area (Å²) in [7, 11) is 1.54. The Labute approximate surface area is 114 Å². The van der Waals surface area contributed by atoms with Gasteiger partial charge in [-0.1, -0.05) is 0 Å². The average molecular weight is 274 g/mol. The van der Waals surface area contributed by atoms with Crippen LogP contribution in [0.15, 0.2) is 42.6 Å². The number of aromatic nitrogens is 1. The summed E-state index contributed by atoms with van der Waals surface area (Å²) in [5, 5.41) is 8.73. The summed E-state index contributed by atoms with van der Waals surface area (Å²) >= 11 is 0. The number of carbonyl (C=O) groups excluding carboxylic acids is 1. The van der Waals surface area contributed by atoms with Crippen LogP contribution in [-0.4, -0.2) is 29.0 Å². The highest BCUT2D eigenvalue weighted by Gasteiger charge is 2.15. The van der Waals surface area contributed by atoms with E-state index in [1.165, 1.54) is 47.5 Å². The molecule has 0 aliphatic rings. The maximum Gasteiger partial charge on any atom is 0.354 e. The molecule has 6 heteroatoms. The molecule has 0 aliphatic heterocycles. The van der Waals surface area contributed by atoms with Crippen LogP contribution in [0.4, 0.5) is 10.1 Å². The molecule has 1 heterocycles. The number of nitrogens with zero attached hydrogens (tertiary/aromatic N) is 2. The maximum absolute atomic E-state index is 12.8. The van der Waals surface area contributed by atoms with E-state index in [4.69, 9.17) is 5.11 Å². The van der Waals surface area contributed by atoms with Crippen LogP contribution < -0.4 is 4.90 Å². The lowest BCUT2D eigenvalue weighted by atomic mass is 10.2. The topological polar surface area (TPSA) is 70.5 Å². The van der Waals surface area contributed by atoms with Gasteiger partial charge in [-0.3, -0.25) is 4.79 Å². The number of benzene rings is 1. The summed E-state index contributed by atoms with van der Waals surface area (Å²) in [6.45, 7) is 0. The zero-order chi connectivity index (χ0) is 14.7. The minimum absolute atomic E-state index is 0.133. The maximum atomic E-state index is 12.8. The molecule has 2 aromatic rings. The Bertz CT molecular complexity index is 638. The first kappa shape index (κ1) is 13.7. The molecule has 1 aromatic carbocycles. The third-order valence-corrected chi connectivity index (χ3v) is 2.75. The SMILES string of the molecule is CN(C(=O)c1ccc(C(=O)O)nc1)c1ccc(F)cc1. The number of anilines is 1. The lowest BCUT2D eigenvalue weighted by molar-refractivity contribution is 0.0690. The van der Waals surface area contributed by atoms with E-state index in [9.17, 15) is 14.0 Å². The lowest BCUT2D eigenvalue weighted by Crippen LogP contribution is -2.26. The van der Waals surface area contributed by atoms with Crippen molar-refractivity contribution in [1.29, 1.82) is 0 Å². The molecule has 0 spiro atoms. The summed E-state index contributed by atoms with van der Waals surface area (Å²) in [5.74, 6) is -1.90. The summed E-state index contributed by atoms with van der Waals surface area (Å²) in [4.78, 5) is 27.8. The van der Waals surface area contributed by atoms with Gasteiger partial charge in [-0.05, 0) is 36.4 Å². The van der Waals surface area contributed by atoms with Crippen LogP contribution in [0.5, 0.6) is 0 Å². The van der Waals surface area contributed by atoms with Gasteiger partial charge in [-0.25, -0.2) is 14.2 Å². The average Bonchev–Trinajstić information content (AvgIpc) is 2.46. The van der Waals surface area contributed by atoms with Crippen LogP contribution >= 0.6 is 0 Å². The Morgan fingerprint density at radius 1 is 1.15 bits per heavy atom. The third-order valence-electron chi connectivity index (χ3n) is 2.75. The molecule has 2 rings (SSSR count). The molecule has 0 aliphatic carbocycles. The van der Waals surface area contributed by atoms with Gasteiger partial charge in [0.1, 0.15) is 11.5 Å². The minimum atomic E-state index is -1.16. The monoisotopic (exact) mass is 274 g/mol. The quantitative estimate of drug-likeness (QED) is 0.931. The van der Waals surface area contributed by atoms with Crippen LogP contribution in [0.25, 0.3) is 0 Å². The second-order valence-electron chi connectivity index (χ2n) is 4.08. The smallest absolute Gasteiger partial charge is 0.354 e. The van der Waals surface area contributed by atoms with Gasteiger partial charge in [-0.2, -0.15) is 0 Å². The van der Waals surface area contributed by atoms with Crippen molar-refractivity contribution >= 4 is 17.6 Å². The molecular weight excluding hydrogens is 263 g/mol. The fraction of sp³-hybridized carbons (Fsp3) is 0.0714. The van der Waals surface area contributed by atoms with Crippen molar-refractivity contribution in [2.24, 2.45) is 0 Å². The molecule has 0 atom stereocenters.